The van der Waals surface area contributed by atoms with Crippen molar-refractivity contribution in [2.75, 3.05) is 26.6 Å². The molecular weight excluding hydrogens is 238 g/mol. The van der Waals surface area contributed by atoms with Gasteiger partial charge in [-0.05, 0) is 18.6 Å². The van der Waals surface area contributed by atoms with Crippen LogP contribution in [0.3, 0.4) is 0 Å². The molecule has 0 saturated carbocycles. The highest BCUT2D eigenvalue weighted by Gasteiger charge is 2.08. The van der Waals surface area contributed by atoms with E-state index in [4.69, 9.17) is 0 Å². The molecule has 5 heteroatoms. The van der Waals surface area contributed by atoms with Crippen molar-refractivity contribution in [1.82, 2.24) is 9.88 Å². The van der Waals surface area contributed by atoms with Gasteiger partial charge in [-0.25, -0.2) is 4.98 Å². The van der Waals surface area contributed by atoms with E-state index in [-0.39, 0.29) is 0 Å². The first kappa shape index (κ1) is 13.4. The lowest BCUT2D eigenvalue weighted by molar-refractivity contribution is 0.503. The fraction of sp³-hybridized carbons (Fsp3) is 0.455. The van der Waals surface area contributed by atoms with Gasteiger partial charge in [-0.1, -0.05) is 17.8 Å². The average molecular weight is 255 g/mol. The van der Waals surface area contributed by atoms with E-state index in [1.807, 2.05) is 25.6 Å². The Morgan fingerprint density at radius 3 is 2.81 bits per heavy atom. The summed E-state index contributed by atoms with van der Waals surface area (Å²) in [4.78, 5) is 10.7. The number of thioether (sulfide) groups is 2. The standard InChI is InChI=1S/C11H17N3S2/c1-12-11(16-4)14(2)8-9-6-5-7-13-10(9)15-3/h5-7H,8H2,1-4H3. The van der Waals surface area contributed by atoms with E-state index in [0.29, 0.717) is 0 Å². The van der Waals surface area contributed by atoms with E-state index in [9.17, 15) is 0 Å². The van der Waals surface area contributed by atoms with E-state index in [1.165, 1.54) is 5.56 Å². The van der Waals surface area contributed by atoms with Crippen LogP contribution in [-0.2, 0) is 6.54 Å². The van der Waals surface area contributed by atoms with Crippen molar-refractivity contribution in [3.63, 3.8) is 0 Å². The van der Waals surface area contributed by atoms with Gasteiger partial charge in [0.2, 0.25) is 0 Å². The minimum absolute atomic E-state index is 0.845. The van der Waals surface area contributed by atoms with Crippen LogP contribution in [0.5, 0.6) is 0 Å². The van der Waals surface area contributed by atoms with E-state index in [1.54, 1.807) is 23.5 Å². The number of aliphatic imine (C=N–C) groups is 1. The number of rotatable bonds is 3. The number of pyridine rings is 1. The van der Waals surface area contributed by atoms with Crippen molar-refractivity contribution in [3.8, 4) is 0 Å². The molecule has 1 heterocycles. The Morgan fingerprint density at radius 1 is 1.50 bits per heavy atom. The molecule has 0 aromatic carbocycles. The van der Waals surface area contributed by atoms with Crippen molar-refractivity contribution in [1.29, 1.82) is 0 Å². The fourth-order valence-electron chi connectivity index (χ4n) is 1.47. The van der Waals surface area contributed by atoms with Crippen LogP contribution in [0.4, 0.5) is 0 Å². The Morgan fingerprint density at radius 2 is 2.25 bits per heavy atom. The van der Waals surface area contributed by atoms with Gasteiger partial charge in [-0.2, -0.15) is 0 Å². The minimum Gasteiger partial charge on any atom is -0.350 e. The number of amidine groups is 1. The molecule has 0 amide bonds. The van der Waals surface area contributed by atoms with Gasteiger partial charge >= 0.3 is 0 Å². The first-order chi connectivity index (χ1) is 7.72. The highest BCUT2D eigenvalue weighted by atomic mass is 32.2. The lowest BCUT2D eigenvalue weighted by atomic mass is 10.3. The average Bonchev–Trinajstić information content (AvgIpc) is 2.31. The molecule has 0 saturated heterocycles. The van der Waals surface area contributed by atoms with Crippen molar-refractivity contribution < 1.29 is 0 Å². The first-order valence-corrected chi connectivity index (χ1v) is 7.37. The van der Waals surface area contributed by atoms with Gasteiger partial charge < -0.3 is 4.90 Å². The summed E-state index contributed by atoms with van der Waals surface area (Å²) in [6.07, 6.45) is 5.92. The third-order valence-electron chi connectivity index (χ3n) is 2.15. The summed E-state index contributed by atoms with van der Waals surface area (Å²) in [7, 11) is 3.87. The first-order valence-electron chi connectivity index (χ1n) is 4.92. The zero-order valence-electron chi connectivity index (χ0n) is 10.1. The Bertz CT molecular complexity index is 366. The molecule has 1 aromatic heterocycles. The van der Waals surface area contributed by atoms with Crippen molar-refractivity contribution >= 4 is 28.7 Å². The van der Waals surface area contributed by atoms with Crippen molar-refractivity contribution in [3.05, 3.63) is 23.9 Å². The maximum atomic E-state index is 4.35. The molecule has 0 aliphatic rings. The van der Waals surface area contributed by atoms with Crippen molar-refractivity contribution in [2.24, 2.45) is 4.99 Å². The molecule has 0 aliphatic heterocycles. The molecule has 1 aromatic rings. The summed E-state index contributed by atoms with van der Waals surface area (Å²) in [5.41, 5.74) is 1.24. The topological polar surface area (TPSA) is 28.5 Å². The second kappa shape index (κ2) is 6.81. The zero-order chi connectivity index (χ0) is 12.0. The van der Waals surface area contributed by atoms with Crippen LogP contribution in [0.25, 0.3) is 0 Å². The van der Waals surface area contributed by atoms with Crippen LogP contribution in [0.15, 0.2) is 28.3 Å². The van der Waals surface area contributed by atoms with Crippen LogP contribution < -0.4 is 0 Å². The molecule has 0 aliphatic carbocycles. The SMILES string of the molecule is CN=C(SC)N(C)Cc1cccnc1SC. The predicted molar refractivity (Wildman–Crippen MR) is 74.4 cm³/mol. The summed E-state index contributed by atoms with van der Waals surface area (Å²) < 4.78 is 0. The summed E-state index contributed by atoms with van der Waals surface area (Å²) >= 11 is 3.34. The van der Waals surface area contributed by atoms with Crippen LogP contribution in [0.1, 0.15) is 5.56 Å². The van der Waals surface area contributed by atoms with Gasteiger partial charge in [-0.15, -0.1) is 11.8 Å². The number of aromatic nitrogens is 1. The molecule has 0 radical (unpaired) electrons. The van der Waals surface area contributed by atoms with Gasteiger partial charge in [0.25, 0.3) is 0 Å². The van der Waals surface area contributed by atoms with Gasteiger partial charge in [0, 0.05) is 32.4 Å². The second-order valence-corrected chi connectivity index (χ2v) is 4.81. The van der Waals surface area contributed by atoms with E-state index in [0.717, 1.165) is 16.7 Å². The highest BCUT2D eigenvalue weighted by Crippen LogP contribution is 2.19. The Labute approximate surface area is 106 Å². The third kappa shape index (κ3) is 3.42. The lowest BCUT2D eigenvalue weighted by Gasteiger charge is -2.20. The lowest BCUT2D eigenvalue weighted by Crippen LogP contribution is -2.23. The van der Waals surface area contributed by atoms with E-state index < -0.39 is 0 Å². The van der Waals surface area contributed by atoms with Gasteiger partial charge in [0.1, 0.15) is 5.03 Å². The predicted octanol–water partition coefficient (Wildman–Crippen LogP) is 2.58. The molecule has 0 unspecified atom stereocenters. The summed E-state index contributed by atoms with van der Waals surface area (Å²) in [6.45, 7) is 0.845. The Kier molecular flexibility index (Phi) is 5.69. The molecule has 0 bridgehead atoms. The molecule has 1 rings (SSSR count). The normalized spacial score (nSPS) is 11.6. The smallest absolute Gasteiger partial charge is 0.158 e. The number of hydrogen-bond acceptors (Lipinski definition) is 4. The molecule has 16 heavy (non-hydrogen) atoms. The van der Waals surface area contributed by atoms with Gasteiger partial charge in [0.05, 0.1) is 0 Å². The Hall–Kier alpha value is -0.680. The summed E-state index contributed by atoms with van der Waals surface area (Å²) in [5, 5.41) is 2.13. The second-order valence-electron chi connectivity index (χ2n) is 3.24. The Balaban J connectivity index is 2.80. The molecular formula is C11H17N3S2. The molecule has 88 valence electrons. The summed E-state index contributed by atoms with van der Waals surface area (Å²) in [5.74, 6) is 0. The molecule has 0 fully saturated rings. The molecule has 3 nitrogen and oxygen atoms in total. The highest BCUT2D eigenvalue weighted by molar-refractivity contribution is 8.13. The monoisotopic (exact) mass is 255 g/mol. The third-order valence-corrected chi connectivity index (χ3v) is 3.76. The number of nitrogens with zero attached hydrogens (tertiary/aromatic N) is 3. The maximum Gasteiger partial charge on any atom is 0.158 e. The molecule has 0 atom stereocenters. The minimum atomic E-state index is 0.845. The largest absolute Gasteiger partial charge is 0.350 e. The quantitative estimate of drug-likeness (QED) is 0.471. The molecule has 0 spiro atoms. The fourth-order valence-corrected chi connectivity index (χ4v) is 2.59. The zero-order valence-corrected chi connectivity index (χ0v) is 11.7. The number of hydrogen-bond donors (Lipinski definition) is 0. The van der Waals surface area contributed by atoms with Crippen LogP contribution in [0, 0.1) is 0 Å². The van der Waals surface area contributed by atoms with Crippen molar-refractivity contribution in [2.45, 2.75) is 11.6 Å². The van der Waals surface area contributed by atoms with Crippen LogP contribution in [-0.4, -0.2) is 41.7 Å². The van der Waals surface area contributed by atoms with Gasteiger partial charge in [0.15, 0.2) is 5.17 Å². The van der Waals surface area contributed by atoms with Gasteiger partial charge in [-0.3, -0.25) is 4.99 Å². The van der Waals surface area contributed by atoms with Crippen LogP contribution in [0.2, 0.25) is 0 Å². The van der Waals surface area contributed by atoms with E-state index in [2.05, 4.69) is 34.2 Å². The maximum absolute atomic E-state index is 4.35. The van der Waals surface area contributed by atoms with E-state index >= 15 is 0 Å². The van der Waals surface area contributed by atoms with Crippen LogP contribution >= 0.6 is 23.5 Å². The summed E-state index contributed by atoms with van der Waals surface area (Å²) in [6, 6.07) is 4.09. The molecule has 0 N–H and O–H groups in total.